The second-order valence-electron chi connectivity index (χ2n) is 5.27. The maximum atomic E-state index is 3.67. The number of rotatable bonds is 5. The van der Waals surface area contributed by atoms with Gasteiger partial charge < -0.3 is 5.32 Å². The average Bonchev–Trinajstić information content (AvgIpc) is 2.20. The van der Waals surface area contributed by atoms with Crippen LogP contribution in [-0.2, 0) is 0 Å². The zero-order valence-corrected chi connectivity index (χ0v) is 10.9. The summed E-state index contributed by atoms with van der Waals surface area (Å²) >= 11 is 0. The van der Waals surface area contributed by atoms with Crippen LogP contribution in [-0.4, -0.2) is 36.6 Å². The molecule has 0 aromatic rings. The Morgan fingerprint density at radius 3 is 2.67 bits per heavy atom. The predicted molar refractivity (Wildman–Crippen MR) is 67.2 cm³/mol. The largest absolute Gasteiger partial charge is 0.312 e. The first-order valence-electron chi connectivity index (χ1n) is 6.62. The quantitative estimate of drug-likeness (QED) is 0.753. The maximum absolute atomic E-state index is 3.67. The minimum absolute atomic E-state index is 0.681. The number of hydrogen-bond acceptors (Lipinski definition) is 2. The third-order valence-corrected chi connectivity index (χ3v) is 3.60. The number of piperidine rings is 1. The Morgan fingerprint density at radius 2 is 2.13 bits per heavy atom. The molecule has 0 radical (unpaired) electrons. The van der Waals surface area contributed by atoms with Gasteiger partial charge in [0.25, 0.3) is 0 Å². The van der Waals surface area contributed by atoms with Crippen molar-refractivity contribution in [1.29, 1.82) is 0 Å². The van der Waals surface area contributed by atoms with Crippen LogP contribution in [0.5, 0.6) is 0 Å². The summed E-state index contributed by atoms with van der Waals surface area (Å²) in [6.07, 6.45) is 4.02. The van der Waals surface area contributed by atoms with E-state index >= 15 is 0 Å². The van der Waals surface area contributed by atoms with Crippen LogP contribution in [0.4, 0.5) is 0 Å². The van der Waals surface area contributed by atoms with Gasteiger partial charge in [-0.15, -0.1) is 0 Å². The van der Waals surface area contributed by atoms with Crippen LogP contribution in [0.1, 0.15) is 47.0 Å². The Balaban J connectivity index is 2.41. The molecule has 1 aliphatic rings. The topological polar surface area (TPSA) is 15.3 Å². The van der Waals surface area contributed by atoms with Crippen LogP contribution in [0.2, 0.25) is 0 Å². The molecule has 0 amide bonds. The van der Waals surface area contributed by atoms with Gasteiger partial charge in [-0.25, -0.2) is 0 Å². The monoisotopic (exact) mass is 212 g/mol. The predicted octanol–water partition coefficient (Wildman–Crippen LogP) is 2.49. The van der Waals surface area contributed by atoms with Crippen molar-refractivity contribution in [3.8, 4) is 0 Å². The van der Waals surface area contributed by atoms with Crippen molar-refractivity contribution in [2.75, 3.05) is 19.6 Å². The third-order valence-electron chi connectivity index (χ3n) is 3.60. The highest BCUT2D eigenvalue weighted by Crippen LogP contribution is 2.17. The van der Waals surface area contributed by atoms with E-state index in [2.05, 4.69) is 37.9 Å². The molecule has 15 heavy (non-hydrogen) atoms. The Hall–Kier alpha value is -0.0800. The highest BCUT2D eigenvalue weighted by atomic mass is 15.2. The van der Waals surface area contributed by atoms with Gasteiger partial charge in [0.05, 0.1) is 0 Å². The lowest BCUT2D eigenvalue weighted by Gasteiger charge is -2.36. The van der Waals surface area contributed by atoms with E-state index in [0.29, 0.717) is 12.1 Å². The molecule has 0 aromatic heterocycles. The highest BCUT2D eigenvalue weighted by Gasteiger charge is 2.23. The summed E-state index contributed by atoms with van der Waals surface area (Å²) in [7, 11) is 0. The summed E-state index contributed by atoms with van der Waals surface area (Å²) in [5.41, 5.74) is 0. The van der Waals surface area contributed by atoms with Crippen LogP contribution in [0.25, 0.3) is 0 Å². The molecule has 90 valence electrons. The van der Waals surface area contributed by atoms with Crippen molar-refractivity contribution in [2.45, 2.75) is 59.0 Å². The molecule has 2 heteroatoms. The molecule has 0 aliphatic carbocycles. The summed E-state index contributed by atoms with van der Waals surface area (Å²) in [4.78, 5) is 2.61. The number of nitrogens with zero attached hydrogens (tertiary/aromatic N) is 1. The van der Waals surface area contributed by atoms with Crippen molar-refractivity contribution < 1.29 is 0 Å². The first kappa shape index (κ1) is 13.0. The molecular formula is C13H28N2. The molecule has 1 N–H and O–H groups in total. The van der Waals surface area contributed by atoms with Gasteiger partial charge in [0.1, 0.15) is 0 Å². The van der Waals surface area contributed by atoms with E-state index in [1.165, 1.54) is 38.9 Å². The zero-order chi connectivity index (χ0) is 11.3. The van der Waals surface area contributed by atoms with E-state index < -0.39 is 0 Å². The van der Waals surface area contributed by atoms with E-state index in [4.69, 9.17) is 0 Å². The van der Waals surface area contributed by atoms with Crippen LogP contribution in [0.3, 0.4) is 0 Å². The summed E-state index contributed by atoms with van der Waals surface area (Å²) in [5.74, 6) is 0.844. The second kappa shape index (κ2) is 6.49. The normalized spacial score (nSPS) is 27.6. The number of nitrogens with one attached hydrogen (secondary N) is 1. The molecule has 0 aromatic carbocycles. The SMILES string of the molecule is CCCN(CC1NCCCC1C)C(C)C. The van der Waals surface area contributed by atoms with Crippen molar-refractivity contribution in [2.24, 2.45) is 5.92 Å². The Bertz CT molecular complexity index is 166. The van der Waals surface area contributed by atoms with Crippen molar-refractivity contribution in [1.82, 2.24) is 10.2 Å². The zero-order valence-electron chi connectivity index (χ0n) is 10.9. The lowest BCUT2D eigenvalue weighted by atomic mass is 9.92. The minimum Gasteiger partial charge on any atom is -0.312 e. The van der Waals surface area contributed by atoms with Gasteiger partial charge in [0.15, 0.2) is 0 Å². The molecule has 1 heterocycles. The van der Waals surface area contributed by atoms with E-state index in [1.807, 2.05) is 0 Å². The average molecular weight is 212 g/mol. The first-order valence-corrected chi connectivity index (χ1v) is 6.62. The molecule has 0 spiro atoms. The third kappa shape index (κ3) is 4.12. The molecule has 1 saturated heterocycles. The van der Waals surface area contributed by atoms with Gasteiger partial charge in [0.2, 0.25) is 0 Å². The number of hydrogen-bond donors (Lipinski definition) is 1. The smallest absolute Gasteiger partial charge is 0.0220 e. The molecule has 0 saturated carbocycles. The summed E-state index contributed by atoms with van der Waals surface area (Å²) in [6, 6.07) is 1.40. The van der Waals surface area contributed by atoms with Gasteiger partial charge in [-0.2, -0.15) is 0 Å². The molecular weight excluding hydrogens is 184 g/mol. The summed E-state index contributed by atoms with van der Waals surface area (Å²) in [6.45, 7) is 13.0. The van der Waals surface area contributed by atoms with Gasteiger partial charge in [-0.3, -0.25) is 4.90 Å². The van der Waals surface area contributed by atoms with Crippen LogP contribution >= 0.6 is 0 Å². The van der Waals surface area contributed by atoms with Gasteiger partial charge in [-0.1, -0.05) is 13.8 Å². The molecule has 2 unspecified atom stereocenters. The highest BCUT2D eigenvalue weighted by molar-refractivity contribution is 4.82. The maximum Gasteiger partial charge on any atom is 0.0220 e. The van der Waals surface area contributed by atoms with Crippen molar-refractivity contribution in [3.05, 3.63) is 0 Å². The van der Waals surface area contributed by atoms with E-state index in [1.54, 1.807) is 0 Å². The molecule has 1 aliphatic heterocycles. The van der Waals surface area contributed by atoms with Crippen LogP contribution in [0.15, 0.2) is 0 Å². The van der Waals surface area contributed by atoms with E-state index in [0.717, 1.165) is 5.92 Å². The Morgan fingerprint density at radius 1 is 1.40 bits per heavy atom. The van der Waals surface area contributed by atoms with Gasteiger partial charge >= 0.3 is 0 Å². The van der Waals surface area contributed by atoms with Gasteiger partial charge in [0, 0.05) is 18.6 Å². The fourth-order valence-corrected chi connectivity index (χ4v) is 2.46. The summed E-state index contributed by atoms with van der Waals surface area (Å²) < 4.78 is 0. The minimum atomic E-state index is 0.681. The van der Waals surface area contributed by atoms with Crippen LogP contribution < -0.4 is 5.32 Å². The standard InChI is InChI=1S/C13H28N2/c1-5-9-15(11(2)3)10-13-12(4)7-6-8-14-13/h11-14H,5-10H2,1-4H3. The molecule has 2 atom stereocenters. The fourth-order valence-electron chi connectivity index (χ4n) is 2.46. The lowest BCUT2D eigenvalue weighted by molar-refractivity contribution is 0.161. The Labute approximate surface area is 95.4 Å². The van der Waals surface area contributed by atoms with Gasteiger partial charge in [-0.05, 0) is 52.1 Å². The lowest BCUT2D eigenvalue weighted by Crippen LogP contribution is -2.49. The first-order chi connectivity index (χ1) is 7.15. The van der Waals surface area contributed by atoms with E-state index in [9.17, 15) is 0 Å². The van der Waals surface area contributed by atoms with Crippen LogP contribution in [0, 0.1) is 5.92 Å². The second-order valence-corrected chi connectivity index (χ2v) is 5.27. The fraction of sp³-hybridized carbons (Fsp3) is 1.00. The molecule has 0 bridgehead atoms. The Kier molecular flexibility index (Phi) is 5.62. The molecule has 1 fully saturated rings. The van der Waals surface area contributed by atoms with Crippen molar-refractivity contribution in [3.63, 3.8) is 0 Å². The summed E-state index contributed by atoms with van der Waals surface area (Å²) in [5, 5.41) is 3.67. The molecule has 2 nitrogen and oxygen atoms in total. The van der Waals surface area contributed by atoms with E-state index in [-0.39, 0.29) is 0 Å². The molecule has 1 rings (SSSR count). The van der Waals surface area contributed by atoms with Crippen molar-refractivity contribution >= 4 is 0 Å².